The predicted molar refractivity (Wildman–Crippen MR) is 50.1 cm³/mol. The molecule has 1 aliphatic heterocycles. The summed E-state index contributed by atoms with van der Waals surface area (Å²) in [6.45, 7) is 1.31. The Balaban J connectivity index is 2.12. The Bertz CT molecular complexity index is 318. The Morgan fingerprint density at radius 3 is 3.08 bits per heavy atom. The van der Waals surface area contributed by atoms with E-state index in [-0.39, 0.29) is 5.91 Å². The highest BCUT2D eigenvalue weighted by Gasteiger charge is 2.21. The second kappa shape index (κ2) is 3.51. The van der Waals surface area contributed by atoms with Crippen LogP contribution in [-0.4, -0.2) is 29.1 Å². The number of amides is 1. The van der Waals surface area contributed by atoms with Gasteiger partial charge in [0.15, 0.2) is 0 Å². The Morgan fingerprint density at radius 2 is 2.54 bits per heavy atom. The zero-order valence-corrected chi connectivity index (χ0v) is 8.50. The third-order valence-electron chi connectivity index (χ3n) is 1.86. The second-order valence-electron chi connectivity index (χ2n) is 2.83. The van der Waals surface area contributed by atoms with Crippen molar-refractivity contribution < 1.29 is 9.63 Å². The first kappa shape index (κ1) is 8.77. The van der Waals surface area contributed by atoms with Crippen molar-refractivity contribution in [3.8, 4) is 0 Å². The molecule has 0 aromatic carbocycles. The smallest absolute Gasteiger partial charge is 0.293 e. The standard InChI is InChI=1S/C8H9BrN2O2/c9-6-4-7(10-5-6)8(12)11-2-1-3-13-11/h4-5,10H,1-3H2. The van der Waals surface area contributed by atoms with Crippen molar-refractivity contribution in [3.63, 3.8) is 0 Å². The molecule has 2 rings (SSSR count). The van der Waals surface area contributed by atoms with Gasteiger partial charge in [0.1, 0.15) is 5.69 Å². The van der Waals surface area contributed by atoms with Gasteiger partial charge in [0, 0.05) is 10.7 Å². The van der Waals surface area contributed by atoms with Gasteiger partial charge >= 0.3 is 0 Å². The number of hydroxylamine groups is 2. The molecule has 1 aromatic heterocycles. The van der Waals surface area contributed by atoms with E-state index in [1.54, 1.807) is 12.3 Å². The number of H-pyrrole nitrogens is 1. The predicted octanol–water partition coefficient (Wildman–Crippen LogP) is 1.55. The Kier molecular flexibility index (Phi) is 2.37. The van der Waals surface area contributed by atoms with Gasteiger partial charge in [0.25, 0.3) is 5.91 Å². The minimum absolute atomic E-state index is 0.108. The van der Waals surface area contributed by atoms with E-state index in [2.05, 4.69) is 20.9 Å². The monoisotopic (exact) mass is 244 g/mol. The molecule has 1 N–H and O–H groups in total. The largest absolute Gasteiger partial charge is 0.356 e. The van der Waals surface area contributed by atoms with E-state index < -0.39 is 0 Å². The fourth-order valence-corrected chi connectivity index (χ4v) is 1.58. The summed E-state index contributed by atoms with van der Waals surface area (Å²) in [5.74, 6) is -0.108. The first-order chi connectivity index (χ1) is 6.27. The SMILES string of the molecule is O=C(c1cc(Br)c[nH]1)N1CCCO1. The summed E-state index contributed by atoms with van der Waals surface area (Å²) in [6.07, 6.45) is 2.64. The van der Waals surface area contributed by atoms with E-state index in [1.807, 2.05) is 0 Å². The molecule has 70 valence electrons. The van der Waals surface area contributed by atoms with Crippen LogP contribution < -0.4 is 0 Å². The summed E-state index contributed by atoms with van der Waals surface area (Å²) in [6, 6.07) is 1.74. The van der Waals surface area contributed by atoms with Crippen LogP contribution in [0.25, 0.3) is 0 Å². The summed E-state index contributed by atoms with van der Waals surface area (Å²) in [5, 5.41) is 1.39. The van der Waals surface area contributed by atoms with Gasteiger partial charge in [-0.3, -0.25) is 9.63 Å². The van der Waals surface area contributed by atoms with Gasteiger partial charge in [-0.2, -0.15) is 0 Å². The van der Waals surface area contributed by atoms with E-state index in [0.29, 0.717) is 18.8 Å². The van der Waals surface area contributed by atoms with Crippen molar-refractivity contribution in [2.75, 3.05) is 13.2 Å². The van der Waals surface area contributed by atoms with Crippen LogP contribution in [0.2, 0.25) is 0 Å². The van der Waals surface area contributed by atoms with Gasteiger partial charge < -0.3 is 4.98 Å². The number of carbonyl (C=O) groups is 1. The van der Waals surface area contributed by atoms with Crippen LogP contribution in [0.4, 0.5) is 0 Å². The molecular formula is C8H9BrN2O2. The normalized spacial score (nSPS) is 16.5. The third-order valence-corrected chi connectivity index (χ3v) is 2.32. The highest BCUT2D eigenvalue weighted by Crippen LogP contribution is 2.14. The molecule has 0 bridgehead atoms. The van der Waals surface area contributed by atoms with Crippen LogP contribution in [0.3, 0.4) is 0 Å². The molecule has 1 aromatic rings. The Morgan fingerprint density at radius 1 is 1.69 bits per heavy atom. The summed E-state index contributed by atoms with van der Waals surface area (Å²) in [4.78, 5) is 19.6. The fourth-order valence-electron chi connectivity index (χ4n) is 1.23. The van der Waals surface area contributed by atoms with E-state index in [4.69, 9.17) is 4.84 Å². The highest BCUT2D eigenvalue weighted by atomic mass is 79.9. The van der Waals surface area contributed by atoms with Crippen LogP contribution in [-0.2, 0) is 4.84 Å². The molecule has 13 heavy (non-hydrogen) atoms. The number of hydrogen-bond acceptors (Lipinski definition) is 2. The van der Waals surface area contributed by atoms with Crippen molar-refractivity contribution in [1.82, 2.24) is 10.0 Å². The molecule has 0 spiro atoms. The van der Waals surface area contributed by atoms with Crippen LogP contribution in [0.1, 0.15) is 16.9 Å². The zero-order chi connectivity index (χ0) is 9.26. The van der Waals surface area contributed by atoms with Gasteiger partial charge in [-0.15, -0.1) is 0 Å². The molecular weight excluding hydrogens is 236 g/mol. The quantitative estimate of drug-likeness (QED) is 0.815. The lowest BCUT2D eigenvalue weighted by Crippen LogP contribution is -2.26. The molecule has 1 fully saturated rings. The number of hydrogen-bond donors (Lipinski definition) is 1. The van der Waals surface area contributed by atoms with Crippen LogP contribution in [0, 0.1) is 0 Å². The lowest BCUT2D eigenvalue weighted by molar-refractivity contribution is -0.0771. The molecule has 5 heteroatoms. The van der Waals surface area contributed by atoms with Crippen molar-refractivity contribution in [2.45, 2.75) is 6.42 Å². The van der Waals surface area contributed by atoms with Crippen LogP contribution in [0.15, 0.2) is 16.7 Å². The second-order valence-corrected chi connectivity index (χ2v) is 3.74. The van der Waals surface area contributed by atoms with Gasteiger partial charge in [-0.25, -0.2) is 5.06 Å². The molecule has 1 saturated heterocycles. The summed E-state index contributed by atoms with van der Waals surface area (Å²) >= 11 is 3.27. The summed E-state index contributed by atoms with van der Waals surface area (Å²) < 4.78 is 0.870. The molecule has 0 atom stereocenters. The number of rotatable bonds is 1. The van der Waals surface area contributed by atoms with Crippen LogP contribution >= 0.6 is 15.9 Å². The molecule has 1 amide bonds. The van der Waals surface area contributed by atoms with E-state index in [0.717, 1.165) is 10.9 Å². The van der Waals surface area contributed by atoms with E-state index in [1.165, 1.54) is 5.06 Å². The molecule has 1 aliphatic rings. The Labute approximate surface area is 84.0 Å². The number of aromatic nitrogens is 1. The van der Waals surface area contributed by atoms with Crippen LogP contribution in [0.5, 0.6) is 0 Å². The molecule has 0 aliphatic carbocycles. The summed E-state index contributed by atoms with van der Waals surface area (Å²) in [7, 11) is 0. The van der Waals surface area contributed by atoms with Crippen molar-refractivity contribution in [2.24, 2.45) is 0 Å². The molecule has 4 nitrogen and oxygen atoms in total. The van der Waals surface area contributed by atoms with Gasteiger partial charge in [-0.05, 0) is 28.4 Å². The van der Waals surface area contributed by atoms with E-state index >= 15 is 0 Å². The lowest BCUT2D eigenvalue weighted by Gasteiger charge is -2.11. The van der Waals surface area contributed by atoms with Crippen molar-refractivity contribution in [3.05, 3.63) is 22.4 Å². The lowest BCUT2D eigenvalue weighted by atomic mass is 10.4. The maximum absolute atomic E-state index is 11.6. The van der Waals surface area contributed by atoms with Gasteiger partial charge in [0.05, 0.1) is 13.2 Å². The summed E-state index contributed by atoms with van der Waals surface area (Å²) in [5.41, 5.74) is 0.550. The minimum atomic E-state index is -0.108. The molecule has 2 heterocycles. The first-order valence-corrected chi connectivity index (χ1v) is 4.85. The number of carbonyl (C=O) groups excluding carboxylic acids is 1. The van der Waals surface area contributed by atoms with E-state index in [9.17, 15) is 4.79 Å². The average molecular weight is 245 g/mol. The van der Waals surface area contributed by atoms with Crippen molar-refractivity contribution in [1.29, 1.82) is 0 Å². The number of aromatic amines is 1. The highest BCUT2D eigenvalue weighted by molar-refractivity contribution is 9.10. The maximum atomic E-state index is 11.6. The minimum Gasteiger partial charge on any atom is -0.356 e. The van der Waals surface area contributed by atoms with Gasteiger partial charge in [0.2, 0.25) is 0 Å². The number of halogens is 1. The fraction of sp³-hybridized carbons (Fsp3) is 0.375. The molecule has 0 radical (unpaired) electrons. The third kappa shape index (κ3) is 1.76. The van der Waals surface area contributed by atoms with Crippen molar-refractivity contribution >= 4 is 21.8 Å². The zero-order valence-electron chi connectivity index (χ0n) is 6.92. The first-order valence-electron chi connectivity index (χ1n) is 4.06. The Hall–Kier alpha value is -0.810. The molecule has 0 saturated carbocycles. The number of nitrogens with one attached hydrogen (secondary N) is 1. The average Bonchev–Trinajstić information content (AvgIpc) is 2.72. The molecule has 0 unspecified atom stereocenters. The topological polar surface area (TPSA) is 45.3 Å². The maximum Gasteiger partial charge on any atom is 0.293 e. The van der Waals surface area contributed by atoms with Gasteiger partial charge in [-0.1, -0.05) is 0 Å². The number of nitrogens with zero attached hydrogens (tertiary/aromatic N) is 1.